The second kappa shape index (κ2) is 4.85. The molecule has 0 aliphatic heterocycles. The molecule has 0 amide bonds. The van der Waals surface area contributed by atoms with E-state index in [-0.39, 0.29) is 10.6 Å². The molecule has 0 saturated heterocycles. The Kier molecular flexibility index (Phi) is 3.36. The molecule has 20 heavy (non-hydrogen) atoms. The number of nitrogens with one attached hydrogen (secondary N) is 1. The van der Waals surface area contributed by atoms with Gasteiger partial charge in [0.15, 0.2) is 5.75 Å². The SMILES string of the molecule is Cn1cc(S(=O)(=O)Nc2cccc(C(=O)O)c2O)cn1. The van der Waals surface area contributed by atoms with E-state index in [4.69, 9.17) is 5.11 Å². The molecule has 1 aromatic heterocycles. The van der Waals surface area contributed by atoms with E-state index >= 15 is 0 Å². The third-order valence-corrected chi connectivity index (χ3v) is 3.82. The summed E-state index contributed by atoms with van der Waals surface area (Å²) >= 11 is 0. The zero-order valence-electron chi connectivity index (χ0n) is 10.3. The topological polar surface area (TPSA) is 122 Å². The molecule has 0 aliphatic carbocycles. The molecule has 1 heterocycles. The highest BCUT2D eigenvalue weighted by Gasteiger charge is 2.20. The molecule has 0 radical (unpaired) electrons. The van der Waals surface area contributed by atoms with Crippen LogP contribution in [0, 0.1) is 0 Å². The summed E-state index contributed by atoms with van der Waals surface area (Å²) in [4.78, 5) is 10.8. The first-order chi connectivity index (χ1) is 9.31. The van der Waals surface area contributed by atoms with Crippen molar-refractivity contribution in [2.45, 2.75) is 4.90 Å². The first kappa shape index (κ1) is 13.9. The second-order valence-corrected chi connectivity index (χ2v) is 5.64. The molecule has 3 N–H and O–H groups in total. The van der Waals surface area contributed by atoms with Crippen LogP contribution in [0.4, 0.5) is 5.69 Å². The fraction of sp³-hybridized carbons (Fsp3) is 0.0909. The van der Waals surface area contributed by atoms with Crippen molar-refractivity contribution in [3.63, 3.8) is 0 Å². The maximum Gasteiger partial charge on any atom is 0.339 e. The van der Waals surface area contributed by atoms with Gasteiger partial charge >= 0.3 is 5.97 Å². The number of para-hydroxylation sites is 1. The van der Waals surface area contributed by atoms with Crippen molar-refractivity contribution in [2.24, 2.45) is 7.05 Å². The number of hydrogen-bond acceptors (Lipinski definition) is 5. The maximum absolute atomic E-state index is 12.0. The van der Waals surface area contributed by atoms with Gasteiger partial charge in [0, 0.05) is 13.2 Å². The van der Waals surface area contributed by atoms with Gasteiger partial charge in [-0.3, -0.25) is 9.40 Å². The van der Waals surface area contributed by atoms with Gasteiger partial charge in [-0.25, -0.2) is 13.2 Å². The molecule has 2 aromatic rings. The molecule has 2 rings (SSSR count). The van der Waals surface area contributed by atoms with Crippen molar-refractivity contribution in [2.75, 3.05) is 4.72 Å². The molecular formula is C11H11N3O5S. The monoisotopic (exact) mass is 297 g/mol. The van der Waals surface area contributed by atoms with E-state index in [1.54, 1.807) is 7.05 Å². The van der Waals surface area contributed by atoms with Crippen LogP contribution in [0.3, 0.4) is 0 Å². The van der Waals surface area contributed by atoms with Crippen LogP contribution >= 0.6 is 0 Å². The Labute approximate surface area is 114 Å². The standard InChI is InChI=1S/C11H11N3O5S/c1-14-6-7(5-12-14)20(18,19)13-9-4-2-3-8(10(9)15)11(16)17/h2-6,13,15H,1H3,(H,16,17). The number of aromatic nitrogens is 2. The lowest BCUT2D eigenvalue weighted by Gasteiger charge is -2.09. The molecule has 9 heteroatoms. The highest BCUT2D eigenvalue weighted by atomic mass is 32.2. The molecular weight excluding hydrogens is 286 g/mol. The fourth-order valence-electron chi connectivity index (χ4n) is 1.54. The number of aromatic hydroxyl groups is 1. The van der Waals surface area contributed by atoms with Crippen molar-refractivity contribution in [3.05, 3.63) is 36.2 Å². The average molecular weight is 297 g/mol. The van der Waals surface area contributed by atoms with E-state index in [9.17, 15) is 18.3 Å². The minimum Gasteiger partial charge on any atom is -0.505 e. The van der Waals surface area contributed by atoms with Crippen LogP contribution in [-0.4, -0.2) is 34.4 Å². The zero-order valence-corrected chi connectivity index (χ0v) is 11.1. The largest absolute Gasteiger partial charge is 0.505 e. The summed E-state index contributed by atoms with van der Waals surface area (Å²) in [6.45, 7) is 0. The Hall–Kier alpha value is -2.55. The summed E-state index contributed by atoms with van der Waals surface area (Å²) in [5, 5.41) is 22.3. The molecule has 0 atom stereocenters. The number of carbonyl (C=O) groups is 1. The van der Waals surface area contributed by atoms with Crippen molar-refractivity contribution in [1.82, 2.24) is 9.78 Å². The van der Waals surface area contributed by atoms with Crippen LogP contribution < -0.4 is 4.72 Å². The number of carboxylic acids is 1. The van der Waals surface area contributed by atoms with E-state index in [1.807, 2.05) is 0 Å². The minimum atomic E-state index is -3.94. The second-order valence-electron chi connectivity index (χ2n) is 3.96. The van der Waals surface area contributed by atoms with Gasteiger partial charge in [-0.2, -0.15) is 5.10 Å². The smallest absolute Gasteiger partial charge is 0.339 e. The molecule has 0 aliphatic rings. The lowest BCUT2D eigenvalue weighted by Crippen LogP contribution is -2.13. The maximum atomic E-state index is 12.0. The summed E-state index contributed by atoms with van der Waals surface area (Å²) in [5.41, 5.74) is -0.606. The zero-order chi connectivity index (χ0) is 14.9. The Balaban J connectivity index is 2.40. The summed E-state index contributed by atoms with van der Waals surface area (Å²) in [7, 11) is -2.39. The lowest BCUT2D eigenvalue weighted by atomic mass is 10.2. The van der Waals surface area contributed by atoms with Gasteiger partial charge in [0.25, 0.3) is 10.0 Å². The summed E-state index contributed by atoms with van der Waals surface area (Å²) in [6.07, 6.45) is 2.42. The molecule has 0 spiro atoms. The van der Waals surface area contributed by atoms with Crippen LogP contribution in [0.2, 0.25) is 0 Å². The number of benzene rings is 1. The van der Waals surface area contributed by atoms with Crippen LogP contribution in [0.25, 0.3) is 0 Å². The molecule has 0 fully saturated rings. The van der Waals surface area contributed by atoms with Crippen molar-refractivity contribution in [3.8, 4) is 5.75 Å². The van der Waals surface area contributed by atoms with E-state index in [0.717, 1.165) is 6.20 Å². The number of aromatic carboxylic acids is 1. The predicted molar refractivity (Wildman–Crippen MR) is 69.1 cm³/mol. The highest BCUT2D eigenvalue weighted by Crippen LogP contribution is 2.29. The van der Waals surface area contributed by atoms with Crippen LogP contribution in [0.1, 0.15) is 10.4 Å². The Morgan fingerprint density at radius 3 is 2.65 bits per heavy atom. The first-order valence-electron chi connectivity index (χ1n) is 5.38. The van der Waals surface area contributed by atoms with Gasteiger partial charge < -0.3 is 10.2 Å². The Morgan fingerprint density at radius 2 is 2.10 bits per heavy atom. The van der Waals surface area contributed by atoms with E-state index in [1.165, 1.54) is 29.1 Å². The average Bonchev–Trinajstić information content (AvgIpc) is 2.79. The third kappa shape index (κ3) is 2.57. The van der Waals surface area contributed by atoms with Gasteiger partial charge in [-0.1, -0.05) is 6.07 Å². The molecule has 8 nitrogen and oxygen atoms in total. The molecule has 0 bridgehead atoms. The van der Waals surface area contributed by atoms with Crippen LogP contribution in [0.15, 0.2) is 35.5 Å². The van der Waals surface area contributed by atoms with Gasteiger partial charge in [-0.05, 0) is 12.1 Å². The number of nitrogens with zero attached hydrogens (tertiary/aromatic N) is 2. The normalized spacial score (nSPS) is 11.2. The van der Waals surface area contributed by atoms with E-state index in [2.05, 4.69) is 9.82 Å². The number of rotatable bonds is 4. The predicted octanol–water partition coefficient (Wildman–Crippen LogP) is 0.625. The summed E-state index contributed by atoms with van der Waals surface area (Å²) in [5.74, 6) is -2.00. The number of phenols is 1. The number of sulfonamides is 1. The first-order valence-corrected chi connectivity index (χ1v) is 6.86. The van der Waals surface area contributed by atoms with Crippen molar-refractivity contribution in [1.29, 1.82) is 0 Å². The Morgan fingerprint density at radius 1 is 1.40 bits per heavy atom. The van der Waals surface area contributed by atoms with Gasteiger partial charge in [0.2, 0.25) is 0 Å². The number of anilines is 1. The third-order valence-electron chi connectivity index (χ3n) is 2.50. The lowest BCUT2D eigenvalue weighted by molar-refractivity contribution is 0.0694. The molecule has 0 saturated carbocycles. The Bertz CT molecular complexity index is 766. The summed E-state index contributed by atoms with van der Waals surface area (Å²) in [6, 6.07) is 3.75. The number of hydrogen-bond donors (Lipinski definition) is 3. The van der Waals surface area contributed by atoms with Gasteiger partial charge in [0.05, 0.1) is 11.9 Å². The quantitative estimate of drug-likeness (QED) is 0.711. The summed E-state index contributed by atoms with van der Waals surface area (Å²) < 4.78 is 27.5. The molecule has 106 valence electrons. The molecule has 0 unspecified atom stereocenters. The minimum absolute atomic E-state index is 0.0971. The van der Waals surface area contributed by atoms with Crippen LogP contribution in [0.5, 0.6) is 5.75 Å². The fourth-order valence-corrected chi connectivity index (χ4v) is 2.59. The van der Waals surface area contributed by atoms with Gasteiger partial charge in [0.1, 0.15) is 10.5 Å². The highest BCUT2D eigenvalue weighted by molar-refractivity contribution is 7.92. The number of carboxylic acid groups (broad SMARTS) is 1. The molecule has 1 aromatic carbocycles. The van der Waals surface area contributed by atoms with Crippen molar-refractivity contribution < 1.29 is 23.4 Å². The van der Waals surface area contributed by atoms with E-state index < -0.39 is 27.3 Å². The number of aryl methyl sites for hydroxylation is 1. The van der Waals surface area contributed by atoms with Crippen LogP contribution in [-0.2, 0) is 17.1 Å². The van der Waals surface area contributed by atoms with E-state index in [0.29, 0.717) is 0 Å². The van der Waals surface area contributed by atoms with Crippen molar-refractivity contribution >= 4 is 21.7 Å². The van der Waals surface area contributed by atoms with Gasteiger partial charge in [-0.15, -0.1) is 0 Å².